The van der Waals surface area contributed by atoms with Gasteiger partial charge in [0.15, 0.2) is 0 Å². The van der Waals surface area contributed by atoms with E-state index in [0.717, 1.165) is 48.9 Å². The summed E-state index contributed by atoms with van der Waals surface area (Å²) in [6.07, 6.45) is 4.76. The van der Waals surface area contributed by atoms with Gasteiger partial charge in [-0.05, 0) is 62.8 Å². The highest BCUT2D eigenvalue weighted by Gasteiger charge is 2.41. The quantitative estimate of drug-likeness (QED) is 0.836. The van der Waals surface area contributed by atoms with Gasteiger partial charge in [0, 0.05) is 29.4 Å². The normalized spacial score (nSPS) is 23.8. The predicted molar refractivity (Wildman–Crippen MR) is 110 cm³/mol. The smallest absolute Gasteiger partial charge is 0.322 e. The zero-order valence-corrected chi connectivity index (χ0v) is 16.2. The van der Waals surface area contributed by atoms with E-state index in [-0.39, 0.29) is 30.1 Å². The standard InChI is InChI=1S/C23H27N3O2/c1-16-8-5-6-13-21(16)22(27)24-18-14-19-11-7-12-20(15-18)26(19)23(28)25-17-9-3-2-4-10-17/h2-6,8-10,13,18-20H,7,11-12,14-15H2,1H3,(H,24,27)(H,25,28)/t19-,20-/m0/s1. The van der Waals surface area contributed by atoms with Crippen LogP contribution in [0, 0.1) is 6.92 Å². The molecule has 2 aliphatic rings. The van der Waals surface area contributed by atoms with Gasteiger partial charge in [-0.25, -0.2) is 4.79 Å². The average molecular weight is 377 g/mol. The van der Waals surface area contributed by atoms with Gasteiger partial charge in [0.2, 0.25) is 0 Å². The van der Waals surface area contributed by atoms with E-state index >= 15 is 0 Å². The number of benzene rings is 2. The second-order valence-corrected chi connectivity index (χ2v) is 7.90. The Morgan fingerprint density at radius 2 is 1.57 bits per heavy atom. The summed E-state index contributed by atoms with van der Waals surface area (Å²) in [5.74, 6) is -0.0108. The minimum Gasteiger partial charge on any atom is -0.349 e. The van der Waals surface area contributed by atoms with Crippen molar-refractivity contribution in [2.75, 3.05) is 5.32 Å². The molecule has 2 fully saturated rings. The molecule has 146 valence electrons. The van der Waals surface area contributed by atoms with Crippen LogP contribution in [0.1, 0.15) is 48.0 Å². The molecular weight excluding hydrogens is 350 g/mol. The van der Waals surface area contributed by atoms with E-state index in [1.165, 1.54) is 0 Å². The third kappa shape index (κ3) is 3.88. The Morgan fingerprint density at radius 1 is 0.929 bits per heavy atom. The van der Waals surface area contributed by atoms with Crippen LogP contribution in [0.3, 0.4) is 0 Å². The highest BCUT2D eigenvalue weighted by atomic mass is 16.2. The van der Waals surface area contributed by atoms with Crippen molar-refractivity contribution in [1.82, 2.24) is 10.2 Å². The van der Waals surface area contributed by atoms with Gasteiger partial charge in [-0.2, -0.15) is 0 Å². The minimum absolute atomic E-state index is 0.0108. The first-order chi connectivity index (χ1) is 13.6. The fourth-order valence-electron chi connectivity index (χ4n) is 4.63. The Labute approximate surface area is 166 Å². The summed E-state index contributed by atoms with van der Waals surface area (Å²) >= 11 is 0. The van der Waals surface area contributed by atoms with Crippen molar-refractivity contribution in [1.29, 1.82) is 0 Å². The van der Waals surface area contributed by atoms with Crippen LogP contribution < -0.4 is 10.6 Å². The van der Waals surface area contributed by atoms with Crippen molar-refractivity contribution in [3.63, 3.8) is 0 Å². The van der Waals surface area contributed by atoms with Crippen LogP contribution in [-0.2, 0) is 0 Å². The molecule has 2 heterocycles. The van der Waals surface area contributed by atoms with Crippen LogP contribution in [0.5, 0.6) is 0 Å². The zero-order valence-electron chi connectivity index (χ0n) is 16.2. The summed E-state index contributed by atoms with van der Waals surface area (Å²) < 4.78 is 0. The number of anilines is 1. The van der Waals surface area contributed by atoms with Crippen LogP contribution in [0.2, 0.25) is 0 Å². The molecule has 2 saturated heterocycles. The van der Waals surface area contributed by atoms with Crippen molar-refractivity contribution >= 4 is 17.6 Å². The number of carbonyl (C=O) groups is 2. The number of fused-ring (bicyclic) bond motifs is 2. The van der Waals surface area contributed by atoms with E-state index in [2.05, 4.69) is 10.6 Å². The lowest BCUT2D eigenvalue weighted by Crippen LogP contribution is -2.59. The molecular formula is C23H27N3O2. The first-order valence-electron chi connectivity index (χ1n) is 10.1. The van der Waals surface area contributed by atoms with Gasteiger partial charge >= 0.3 is 6.03 Å². The fourth-order valence-corrected chi connectivity index (χ4v) is 4.63. The molecule has 5 heteroatoms. The molecule has 2 aliphatic heterocycles. The Morgan fingerprint density at radius 3 is 2.25 bits per heavy atom. The maximum absolute atomic E-state index is 12.9. The van der Waals surface area contributed by atoms with Gasteiger partial charge in [0.25, 0.3) is 5.91 Å². The summed E-state index contributed by atoms with van der Waals surface area (Å²) in [6.45, 7) is 1.96. The van der Waals surface area contributed by atoms with E-state index in [4.69, 9.17) is 0 Å². The SMILES string of the molecule is Cc1ccccc1C(=O)NC1C[C@@H]2CCC[C@@H](C1)N2C(=O)Nc1ccccc1. The van der Waals surface area contributed by atoms with Crippen molar-refractivity contribution in [3.8, 4) is 0 Å². The summed E-state index contributed by atoms with van der Waals surface area (Å²) in [4.78, 5) is 27.6. The highest BCUT2D eigenvalue weighted by Crippen LogP contribution is 2.34. The Kier molecular flexibility index (Phi) is 5.33. The molecule has 0 saturated carbocycles. The van der Waals surface area contributed by atoms with E-state index in [9.17, 15) is 9.59 Å². The van der Waals surface area contributed by atoms with E-state index in [1.54, 1.807) is 0 Å². The van der Waals surface area contributed by atoms with Gasteiger partial charge in [-0.15, -0.1) is 0 Å². The van der Waals surface area contributed by atoms with Gasteiger partial charge in [-0.3, -0.25) is 4.79 Å². The number of nitrogens with one attached hydrogen (secondary N) is 2. The fraction of sp³-hybridized carbons (Fsp3) is 0.391. The van der Waals surface area contributed by atoms with Crippen LogP contribution in [0.15, 0.2) is 54.6 Å². The topological polar surface area (TPSA) is 61.4 Å². The summed E-state index contributed by atoms with van der Waals surface area (Å²) in [5.41, 5.74) is 2.54. The molecule has 3 amide bonds. The van der Waals surface area contributed by atoms with Crippen LogP contribution in [0.25, 0.3) is 0 Å². The second kappa shape index (κ2) is 8.05. The van der Waals surface area contributed by atoms with Gasteiger partial charge in [-0.1, -0.05) is 36.4 Å². The molecule has 2 N–H and O–H groups in total. The molecule has 0 unspecified atom stereocenters. The van der Waals surface area contributed by atoms with Gasteiger partial charge < -0.3 is 15.5 Å². The third-order valence-electron chi connectivity index (χ3n) is 5.96. The highest BCUT2D eigenvalue weighted by molar-refractivity contribution is 5.95. The van der Waals surface area contributed by atoms with Crippen molar-refractivity contribution in [3.05, 3.63) is 65.7 Å². The molecule has 2 aromatic carbocycles. The van der Waals surface area contributed by atoms with Gasteiger partial charge in [0.05, 0.1) is 0 Å². The molecule has 2 atom stereocenters. The maximum atomic E-state index is 12.9. The Balaban J connectivity index is 1.42. The molecule has 0 aliphatic carbocycles. The second-order valence-electron chi connectivity index (χ2n) is 7.90. The number of piperidine rings is 2. The summed E-state index contributed by atoms with van der Waals surface area (Å²) in [6, 6.07) is 17.7. The third-order valence-corrected chi connectivity index (χ3v) is 5.96. The number of hydrogen-bond donors (Lipinski definition) is 2. The molecule has 2 bridgehead atoms. The maximum Gasteiger partial charge on any atom is 0.322 e. The van der Waals surface area contributed by atoms with Gasteiger partial charge in [0.1, 0.15) is 0 Å². The molecule has 0 spiro atoms. The molecule has 5 nitrogen and oxygen atoms in total. The Hall–Kier alpha value is -2.82. The average Bonchev–Trinajstić information content (AvgIpc) is 2.68. The first kappa shape index (κ1) is 18.5. The largest absolute Gasteiger partial charge is 0.349 e. The van der Waals surface area contributed by atoms with Crippen molar-refractivity contribution in [2.45, 2.75) is 57.2 Å². The van der Waals surface area contributed by atoms with Crippen LogP contribution in [0.4, 0.5) is 10.5 Å². The monoisotopic (exact) mass is 377 g/mol. The number of carbonyl (C=O) groups excluding carboxylic acids is 2. The van der Waals surface area contributed by atoms with Crippen LogP contribution >= 0.6 is 0 Å². The lowest BCUT2D eigenvalue weighted by molar-refractivity contribution is 0.0577. The van der Waals surface area contributed by atoms with E-state index in [1.807, 2.05) is 66.4 Å². The lowest BCUT2D eigenvalue weighted by atomic mass is 9.82. The number of amides is 3. The summed E-state index contributed by atoms with van der Waals surface area (Å²) in [5, 5.41) is 6.25. The number of hydrogen-bond acceptors (Lipinski definition) is 2. The zero-order chi connectivity index (χ0) is 19.5. The molecule has 0 aromatic heterocycles. The number of aryl methyl sites for hydroxylation is 1. The molecule has 4 rings (SSSR count). The molecule has 2 aromatic rings. The molecule has 28 heavy (non-hydrogen) atoms. The predicted octanol–water partition coefficient (Wildman–Crippen LogP) is 4.34. The number of nitrogens with zero attached hydrogens (tertiary/aromatic N) is 1. The molecule has 0 radical (unpaired) electrons. The van der Waals surface area contributed by atoms with E-state index < -0.39 is 0 Å². The van der Waals surface area contributed by atoms with Crippen molar-refractivity contribution < 1.29 is 9.59 Å². The lowest BCUT2D eigenvalue weighted by Gasteiger charge is -2.48. The summed E-state index contributed by atoms with van der Waals surface area (Å²) in [7, 11) is 0. The number of rotatable bonds is 3. The Bertz CT molecular complexity index is 838. The minimum atomic E-state index is -0.0235. The first-order valence-corrected chi connectivity index (χ1v) is 10.1. The van der Waals surface area contributed by atoms with Crippen molar-refractivity contribution in [2.24, 2.45) is 0 Å². The van der Waals surface area contributed by atoms with Crippen LogP contribution in [-0.4, -0.2) is 35.0 Å². The number of urea groups is 1. The van der Waals surface area contributed by atoms with E-state index in [0.29, 0.717) is 0 Å². The number of para-hydroxylation sites is 1.